The van der Waals surface area contributed by atoms with E-state index in [2.05, 4.69) is 34.7 Å². The van der Waals surface area contributed by atoms with Crippen LogP contribution in [0.25, 0.3) is 0 Å². The van der Waals surface area contributed by atoms with E-state index in [4.69, 9.17) is 0 Å². The molecule has 2 aromatic rings. The topological polar surface area (TPSA) is 73.8 Å². The highest BCUT2D eigenvalue weighted by atomic mass is 32.2. The third kappa shape index (κ3) is 6.80. The Balaban J connectivity index is 1.94. The normalized spacial score (nSPS) is 13.5. The Labute approximate surface area is 176 Å². The van der Waals surface area contributed by atoms with E-state index in [1.54, 1.807) is 6.07 Å². The Hall–Kier alpha value is -1.55. The van der Waals surface area contributed by atoms with Crippen molar-refractivity contribution in [3.8, 4) is 0 Å². The highest BCUT2D eigenvalue weighted by molar-refractivity contribution is 8.00. The lowest BCUT2D eigenvalue weighted by Gasteiger charge is -2.15. The molecule has 0 aliphatic carbocycles. The number of hydrogen-bond donors (Lipinski definition) is 2. The molecular formula is C19H28N4O2S3. The zero-order valence-electron chi connectivity index (χ0n) is 16.7. The average molecular weight is 441 g/mol. The van der Waals surface area contributed by atoms with Gasteiger partial charge in [-0.05, 0) is 31.2 Å². The van der Waals surface area contributed by atoms with Crippen molar-refractivity contribution >= 4 is 39.1 Å². The van der Waals surface area contributed by atoms with Crippen LogP contribution in [0.2, 0.25) is 0 Å². The SMILES string of the molecule is CCNC(=NCc1ccc(S(=O)(=O)N(C)C)s1)NCC(C)Sc1ccccc1. The smallest absolute Gasteiger partial charge is 0.252 e. The van der Waals surface area contributed by atoms with Crippen LogP contribution in [0.1, 0.15) is 18.7 Å². The van der Waals surface area contributed by atoms with Crippen LogP contribution in [0.5, 0.6) is 0 Å². The molecule has 0 aliphatic heterocycles. The van der Waals surface area contributed by atoms with Gasteiger partial charge in [-0.15, -0.1) is 23.1 Å². The van der Waals surface area contributed by atoms with Gasteiger partial charge in [0, 0.05) is 42.2 Å². The third-order valence-corrected chi connectivity index (χ3v) is 8.21. The third-order valence-electron chi connectivity index (χ3n) is 3.75. The highest BCUT2D eigenvalue weighted by Crippen LogP contribution is 2.24. The largest absolute Gasteiger partial charge is 0.357 e. The van der Waals surface area contributed by atoms with E-state index in [-0.39, 0.29) is 0 Å². The summed E-state index contributed by atoms with van der Waals surface area (Å²) in [5.41, 5.74) is 0. The van der Waals surface area contributed by atoms with E-state index in [1.807, 2.05) is 43.0 Å². The number of hydrogen-bond acceptors (Lipinski definition) is 5. The summed E-state index contributed by atoms with van der Waals surface area (Å²) in [7, 11) is -0.314. The van der Waals surface area contributed by atoms with Crippen molar-refractivity contribution in [1.29, 1.82) is 0 Å². The minimum atomic E-state index is -3.39. The first-order valence-corrected chi connectivity index (χ1v) is 12.2. The Morgan fingerprint density at radius 3 is 2.54 bits per heavy atom. The van der Waals surface area contributed by atoms with Gasteiger partial charge < -0.3 is 10.6 Å². The quantitative estimate of drug-likeness (QED) is 0.356. The minimum Gasteiger partial charge on any atom is -0.357 e. The first kappa shape index (κ1) is 22.7. The monoisotopic (exact) mass is 440 g/mol. The van der Waals surface area contributed by atoms with Gasteiger partial charge in [0.15, 0.2) is 5.96 Å². The lowest BCUT2D eigenvalue weighted by molar-refractivity contribution is 0.523. The maximum Gasteiger partial charge on any atom is 0.252 e. The van der Waals surface area contributed by atoms with Crippen molar-refractivity contribution in [2.75, 3.05) is 27.2 Å². The molecule has 1 atom stereocenters. The fourth-order valence-corrected chi connectivity index (χ4v) is 5.67. The van der Waals surface area contributed by atoms with E-state index in [0.717, 1.165) is 23.9 Å². The summed E-state index contributed by atoms with van der Waals surface area (Å²) in [5, 5.41) is 6.98. The zero-order valence-corrected chi connectivity index (χ0v) is 19.1. The van der Waals surface area contributed by atoms with Gasteiger partial charge in [-0.25, -0.2) is 17.7 Å². The molecule has 0 saturated carbocycles. The molecule has 2 N–H and O–H groups in total. The molecular weight excluding hydrogens is 412 g/mol. The summed E-state index contributed by atoms with van der Waals surface area (Å²) < 4.78 is 25.9. The van der Waals surface area contributed by atoms with Crippen LogP contribution in [-0.4, -0.2) is 51.1 Å². The molecule has 2 rings (SSSR count). The van der Waals surface area contributed by atoms with E-state index < -0.39 is 10.0 Å². The molecule has 0 spiro atoms. The maximum atomic E-state index is 12.2. The van der Waals surface area contributed by atoms with Crippen molar-refractivity contribution in [3.05, 3.63) is 47.3 Å². The molecule has 1 heterocycles. The van der Waals surface area contributed by atoms with Crippen LogP contribution in [0.15, 0.2) is 56.6 Å². The first-order valence-electron chi connectivity index (χ1n) is 9.08. The fraction of sp³-hybridized carbons (Fsp3) is 0.421. The van der Waals surface area contributed by atoms with E-state index in [9.17, 15) is 8.42 Å². The van der Waals surface area contributed by atoms with Crippen LogP contribution in [0.3, 0.4) is 0 Å². The summed E-state index contributed by atoms with van der Waals surface area (Å²) in [6.07, 6.45) is 0. The lowest BCUT2D eigenvalue weighted by atomic mass is 10.4. The van der Waals surface area contributed by atoms with Gasteiger partial charge >= 0.3 is 0 Å². The predicted molar refractivity (Wildman–Crippen MR) is 120 cm³/mol. The second-order valence-electron chi connectivity index (χ2n) is 6.33. The van der Waals surface area contributed by atoms with Gasteiger partial charge in [0.2, 0.25) is 0 Å². The minimum absolute atomic E-state index is 0.341. The van der Waals surface area contributed by atoms with Crippen LogP contribution < -0.4 is 10.6 Å². The number of sulfonamides is 1. The van der Waals surface area contributed by atoms with E-state index in [1.165, 1.54) is 34.6 Å². The Kier molecular flexibility index (Phi) is 8.81. The molecule has 6 nitrogen and oxygen atoms in total. The molecule has 0 radical (unpaired) electrons. The van der Waals surface area contributed by atoms with E-state index >= 15 is 0 Å². The van der Waals surface area contributed by atoms with Gasteiger partial charge in [-0.2, -0.15) is 0 Å². The number of thiophene rings is 1. The van der Waals surface area contributed by atoms with E-state index in [0.29, 0.717) is 16.0 Å². The molecule has 154 valence electrons. The number of nitrogens with one attached hydrogen (secondary N) is 2. The summed E-state index contributed by atoms with van der Waals surface area (Å²) in [5.74, 6) is 0.730. The summed E-state index contributed by atoms with van der Waals surface area (Å²) >= 11 is 3.07. The average Bonchev–Trinajstić information content (AvgIpc) is 3.14. The molecule has 1 unspecified atom stereocenters. The van der Waals surface area contributed by atoms with Gasteiger partial charge in [-0.1, -0.05) is 25.1 Å². The Morgan fingerprint density at radius 2 is 1.89 bits per heavy atom. The second kappa shape index (κ2) is 10.8. The highest BCUT2D eigenvalue weighted by Gasteiger charge is 2.19. The van der Waals surface area contributed by atoms with Gasteiger partial charge in [0.1, 0.15) is 4.21 Å². The first-order chi connectivity index (χ1) is 13.3. The van der Waals surface area contributed by atoms with Crippen LogP contribution in [0.4, 0.5) is 0 Å². The molecule has 0 fully saturated rings. The molecule has 1 aromatic carbocycles. The number of guanidine groups is 1. The van der Waals surface area contributed by atoms with Crippen molar-refractivity contribution in [2.45, 2.75) is 34.7 Å². The molecule has 1 aromatic heterocycles. The number of rotatable bonds is 9. The Morgan fingerprint density at radius 1 is 1.18 bits per heavy atom. The summed E-state index contributed by atoms with van der Waals surface area (Å²) in [6, 6.07) is 13.8. The Bertz CT molecular complexity index is 864. The summed E-state index contributed by atoms with van der Waals surface area (Å²) in [6.45, 7) is 6.16. The van der Waals surface area contributed by atoms with Gasteiger partial charge in [-0.3, -0.25) is 0 Å². The summed E-state index contributed by atoms with van der Waals surface area (Å²) in [4.78, 5) is 6.74. The molecule has 0 bridgehead atoms. The van der Waals surface area contributed by atoms with Gasteiger partial charge in [0.25, 0.3) is 10.0 Å². The number of aliphatic imine (C=N–C) groups is 1. The number of nitrogens with zero attached hydrogens (tertiary/aromatic N) is 2. The number of benzene rings is 1. The van der Waals surface area contributed by atoms with Crippen LogP contribution in [0, 0.1) is 0 Å². The lowest BCUT2D eigenvalue weighted by Crippen LogP contribution is -2.40. The van der Waals surface area contributed by atoms with Crippen molar-refractivity contribution in [1.82, 2.24) is 14.9 Å². The van der Waals surface area contributed by atoms with Crippen molar-refractivity contribution in [2.24, 2.45) is 4.99 Å². The molecule has 0 aliphatic rings. The van der Waals surface area contributed by atoms with Crippen LogP contribution in [-0.2, 0) is 16.6 Å². The second-order valence-corrected chi connectivity index (χ2v) is 11.4. The maximum absolute atomic E-state index is 12.2. The fourth-order valence-electron chi connectivity index (χ4n) is 2.27. The van der Waals surface area contributed by atoms with Crippen LogP contribution >= 0.6 is 23.1 Å². The van der Waals surface area contributed by atoms with Crippen molar-refractivity contribution < 1.29 is 8.42 Å². The molecule has 9 heteroatoms. The zero-order chi connectivity index (χ0) is 20.6. The number of thioether (sulfide) groups is 1. The van der Waals surface area contributed by atoms with Crippen molar-refractivity contribution in [3.63, 3.8) is 0 Å². The molecule has 0 saturated heterocycles. The standard InChI is InChI=1S/C19H28N4O2S3/c1-5-20-19(21-13-15(2)26-16-9-7-6-8-10-16)22-14-17-11-12-18(27-17)28(24,25)23(3)4/h6-12,15H,5,13-14H2,1-4H3,(H2,20,21,22). The molecule has 28 heavy (non-hydrogen) atoms. The molecule has 0 amide bonds. The predicted octanol–water partition coefficient (Wildman–Crippen LogP) is 3.23. The van der Waals surface area contributed by atoms with Gasteiger partial charge in [0.05, 0.1) is 6.54 Å².